The summed E-state index contributed by atoms with van der Waals surface area (Å²) < 4.78 is 24.5. The minimum Gasteiger partial charge on any atom is -0.493 e. The Morgan fingerprint density at radius 2 is 1.86 bits per heavy atom. The molecule has 1 heterocycles. The Labute approximate surface area is 130 Å². The molecular formula is C16H23FN2O3. The van der Waals surface area contributed by atoms with E-state index >= 15 is 0 Å². The first kappa shape index (κ1) is 16.5. The van der Waals surface area contributed by atoms with Gasteiger partial charge in [-0.15, -0.1) is 0 Å². The van der Waals surface area contributed by atoms with Gasteiger partial charge in [0.2, 0.25) is 5.91 Å². The van der Waals surface area contributed by atoms with Gasteiger partial charge in [-0.2, -0.15) is 0 Å². The van der Waals surface area contributed by atoms with E-state index in [0.29, 0.717) is 17.1 Å². The first-order valence-electron chi connectivity index (χ1n) is 7.49. The number of piperidine rings is 1. The third-order valence-corrected chi connectivity index (χ3v) is 4.04. The molecule has 1 aromatic carbocycles. The minimum absolute atomic E-state index is 0.00750. The number of carbonyl (C=O) groups excluding carboxylic acids is 1. The lowest BCUT2D eigenvalue weighted by molar-refractivity contribution is -0.126. The summed E-state index contributed by atoms with van der Waals surface area (Å²) in [5.41, 5.74) is 0.389. The molecule has 0 saturated carbocycles. The summed E-state index contributed by atoms with van der Waals surface area (Å²) in [6.45, 7) is 3.46. The van der Waals surface area contributed by atoms with Crippen molar-refractivity contribution in [1.29, 1.82) is 0 Å². The molecule has 0 aliphatic carbocycles. The Hall–Kier alpha value is -1.82. The minimum atomic E-state index is -0.429. The molecule has 122 valence electrons. The van der Waals surface area contributed by atoms with Crippen LogP contribution < -0.4 is 20.1 Å². The van der Waals surface area contributed by atoms with Gasteiger partial charge in [-0.25, -0.2) is 4.39 Å². The Bertz CT molecular complexity index is 530. The van der Waals surface area contributed by atoms with E-state index < -0.39 is 11.9 Å². The predicted molar refractivity (Wildman–Crippen MR) is 81.7 cm³/mol. The first-order valence-corrected chi connectivity index (χ1v) is 7.49. The Morgan fingerprint density at radius 3 is 2.45 bits per heavy atom. The SMILES string of the molecule is COc1cc(F)c(C(C)NC(=O)C2CCNCC2)cc1OC. The molecule has 1 aliphatic heterocycles. The maximum absolute atomic E-state index is 14.2. The van der Waals surface area contributed by atoms with E-state index in [1.807, 2.05) is 0 Å². The number of carbonyl (C=O) groups is 1. The highest BCUT2D eigenvalue weighted by molar-refractivity contribution is 5.79. The summed E-state index contributed by atoms with van der Waals surface area (Å²) in [7, 11) is 2.96. The molecule has 0 radical (unpaired) electrons. The van der Waals surface area contributed by atoms with Crippen LogP contribution in [0.15, 0.2) is 12.1 Å². The number of methoxy groups -OCH3 is 2. The summed E-state index contributed by atoms with van der Waals surface area (Å²) in [6, 6.07) is 2.42. The Morgan fingerprint density at radius 1 is 1.27 bits per heavy atom. The normalized spacial score (nSPS) is 16.9. The summed E-state index contributed by atoms with van der Waals surface area (Å²) in [5, 5.41) is 6.11. The van der Waals surface area contributed by atoms with E-state index in [9.17, 15) is 9.18 Å². The number of rotatable bonds is 5. The van der Waals surface area contributed by atoms with E-state index in [1.54, 1.807) is 13.0 Å². The lowest BCUT2D eigenvalue weighted by Gasteiger charge is -2.24. The number of hydrogen-bond acceptors (Lipinski definition) is 4. The molecule has 1 atom stereocenters. The highest BCUT2D eigenvalue weighted by Gasteiger charge is 2.24. The highest BCUT2D eigenvalue weighted by Crippen LogP contribution is 2.32. The number of amides is 1. The van der Waals surface area contributed by atoms with Gasteiger partial charge in [0, 0.05) is 17.5 Å². The van der Waals surface area contributed by atoms with Crippen LogP contribution in [0.4, 0.5) is 4.39 Å². The standard InChI is InChI=1S/C16H23FN2O3/c1-10(19-16(20)11-4-6-18-7-5-11)12-8-14(21-2)15(22-3)9-13(12)17/h8-11,18H,4-7H2,1-3H3,(H,19,20). The van der Waals surface area contributed by atoms with E-state index in [4.69, 9.17) is 9.47 Å². The first-order chi connectivity index (χ1) is 10.6. The van der Waals surface area contributed by atoms with Crippen LogP contribution in [0.2, 0.25) is 0 Å². The lowest BCUT2D eigenvalue weighted by atomic mass is 9.96. The second-order valence-corrected chi connectivity index (χ2v) is 5.48. The van der Waals surface area contributed by atoms with E-state index in [-0.39, 0.29) is 11.8 Å². The van der Waals surface area contributed by atoms with Gasteiger partial charge in [0.15, 0.2) is 11.5 Å². The molecular weight excluding hydrogens is 287 g/mol. The molecule has 1 unspecified atom stereocenters. The number of benzene rings is 1. The van der Waals surface area contributed by atoms with Gasteiger partial charge >= 0.3 is 0 Å². The van der Waals surface area contributed by atoms with Gasteiger partial charge in [-0.05, 0) is 38.9 Å². The molecule has 1 fully saturated rings. The van der Waals surface area contributed by atoms with Crippen LogP contribution in [0.5, 0.6) is 11.5 Å². The van der Waals surface area contributed by atoms with Crippen LogP contribution in [0.3, 0.4) is 0 Å². The van der Waals surface area contributed by atoms with Crippen molar-refractivity contribution in [2.75, 3.05) is 27.3 Å². The topological polar surface area (TPSA) is 59.6 Å². The fourth-order valence-electron chi connectivity index (χ4n) is 2.69. The third-order valence-electron chi connectivity index (χ3n) is 4.04. The largest absolute Gasteiger partial charge is 0.493 e. The zero-order valence-electron chi connectivity index (χ0n) is 13.2. The third kappa shape index (κ3) is 3.68. The van der Waals surface area contributed by atoms with Gasteiger partial charge in [0.25, 0.3) is 0 Å². The molecule has 6 heteroatoms. The average molecular weight is 310 g/mol. The van der Waals surface area contributed by atoms with E-state index in [2.05, 4.69) is 10.6 Å². The zero-order chi connectivity index (χ0) is 16.1. The molecule has 22 heavy (non-hydrogen) atoms. The molecule has 2 rings (SSSR count). The van der Waals surface area contributed by atoms with Gasteiger partial charge < -0.3 is 20.1 Å². The Balaban J connectivity index is 2.11. The van der Waals surface area contributed by atoms with Crippen LogP contribution in [0, 0.1) is 11.7 Å². The summed E-state index contributed by atoms with van der Waals surface area (Å²) in [5.74, 6) is 0.327. The monoisotopic (exact) mass is 310 g/mol. The van der Waals surface area contributed by atoms with Crippen molar-refractivity contribution in [3.05, 3.63) is 23.5 Å². The van der Waals surface area contributed by atoms with Crippen LogP contribution in [0.25, 0.3) is 0 Å². The molecule has 5 nitrogen and oxygen atoms in total. The van der Waals surface area contributed by atoms with Crippen molar-refractivity contribution in [3.8, 4) is 11.5 Å². The molecule has 1 amide bonds. The summed E-state index contributed by atoms with van der Waals surface area (Å²) in [6.07, 6.45) is 1.62. The second kappa shape index (κ2) is 7.45. The number of halogens is 1. The average Bonchev–Trinajstić information content (AvgIpc) is 2.55. The smallest absolute Gasteiger partial charge is 0.223 e. The molecule has 1 saturated heterocycles. The summed E-state index contributed by atoms with van der Waals surface area (Å²) in [4.78, 5) is 12.3. The van der Waals surface area contributed by atoms with E-state index in [1.165, 1.54) is 20.3 Å². The number of ether oxygens (including phenoxy) is 2. The van der Waals surface area contributed by atoms with Crippen molar-refractivity contribution in [2.45, 2.75) is 25.8 Å². The quantitative estimate of drug-likeness (QED) is 0.873. The van der Waals surface area contributed by atoms with Gasteiger partial charge in [-0.1, -0.05) is 0 Å². The Kier molecular flexibility index (Phi) is 5.60. The fourth-order valence-corrected chi connectivity index (χ4v) is 2.69. The number of hydrogen-bond donors (Lipinski definition) is 2. The van der Waals surface area contributed by atoms with E-state index in [0.717, 1.165) is 25.9 Å². The molecule has 1 aliphatic rings. The number of nitrogens with one attached hydrogen (secondary N) is 2. The highest BCUT2D eigenvalue weighted by atomic mass is 19.1. The maximum atomic E-state index is 14.2. The second-order valence-electron chi connectivity index (χ2n) is 5.48. The molecule has 0 bridgehead atoms. The molecule has 2 N–H and O–H groups in total. The van der Waals surface area contributed by atoms with Gasteiger partial charge in [0.05, 0.1) is 20.3 Å². The van der Waals surface area contributed by atoms with Crippen LogP contribution in [-0.4, -0.2) is 33.2 Å². The molecule has 1 aromatic rings. The van der Waals surface area contributed by atoms with Crippen molar-refractivity contribution < 1.29 is 18.7 Å². The lowest BCUT2D eigenvalue weighted by Crippen LogP contribution is -2.39. The van der Waals surface area contributed by atoms with Crippen LogP contribution >= 0.6 is 0 Å². The summed E-state index contributed by atoms with van der Waals surface area (Å²) >= 11 is 0. The fraction of sp³-hybridized carbons (Fsp3) is 0.562. The molecule has 0 spiro atoms. The van der Waals surface area contributed by atoms with Crippen LogP contribution in [0.1, 0.15) is 31.4 Å². The molecule has 0 aromatic heterocycles. The van der Waals surface area contributed by atoms with Gasteiger partial charge in [-0.3, -0.25) is 4.79 Å². The predicted octanol–water partition coefficient (Wildman–Crippen LogP) is 2.02. The van der Waals surface area contributed by atoms with Crippen molar-refractivity contribution >= 4 is 5.91 Å². The van der Waals surface area contributed by atoms with Crippen molar-refractivity contribution in [2.24, 2.45) is 5.92 Å². The van der Waals surface area contributed by atoms with Crippen molar-refractivity contribution in [1.82, 2.24) is 10.6 Å². The van der Waals surface area contributed by atoms with Gasteiger partial charge in [0.1, 0.15) is 5.82 Å². The zero-order valence-corrected chi connectivity index (χ0v) is 13.2. The maximum Gasteiger partial charge on any atom is 0.223 e. The van der Waals surface area contributed by atoms with Crippen LogP contribution in [-0.2, 0) is 4.79 Å². The van der Waals surface area contributed by atoms with Crippen molar-refractivity contribution in [3.63, 3.8) is 0 Å².